The number of nitrogens with zero attached hydrogens (tertiary/aromatic N) is 2. The first-order valence-electron chi connectivity index (χ1n) is 10.7. The zero-order chi connectivity index (χ0) is 24.0. The van der Waals surface area contributed by atoms with Crippen LogP contribution >= 0.6 is 39.3 Å². The molecule has 0 radical (unpaired) electrons. The number of nitro benzene ring substituents is 2. The van der Waals surface area contributed by atoms with E-state index in [1.54, 1.807) is 24.3 Å². The van der Waals surface area contributed by atoms with E-state index in [2.05, 4.69) is 33.4 Å². The summed E-state index contributed by atoms with van der Waals surface area (Å²) < 4.78 is 0.620. The number of fused-ring (bicyclic) bond motifs is 3. The third-order valence-corrected chi connectivity index (χ3v) is 9.30. The lowest BCUT2D eigenvalue weighted by atomic mass is 9.77. The van der Waals surface area contributed by atoms with Crippen LogP contribution in [0.15, 0.2) is 76.1 Å². The molecular weight excluding hydrogens is 542 g/mol. The average molecular weight is 561 g/mol. The van der Waals surface area contributed by atoms with Gasteiger partial charge in [-0.1, -0.05) is 42.5 Å². The summed E-state index contributed by atoms with van der Waals surface area (Å²) in [6, 6.07) is 19.8. The molecule has 174 valence electrons. The molecule has 1 fully saturated rings. The Hall–Kier alpha value is -2.62. The van der Waals surface area contributed by atoms with E-state index in [-0.39, 0.29) is 44.8 Å². The highest BCUT2D eigenvalue weighted by Gasteiger charge is 2.51. The van der Waals surface area contributed by atoms with Crippen molar-refractivity contribution in [2.75, 3.05) is 5.32 Å². The molecule has 0 unspecified atom stereocenters. The van der Waals surface area contributed by atoms with Crippen LogP contribution in [0.4, 0.5) is 17.1 Å². The minimum atomic E-state index is -0.402. The van der Waals surface area contributed by atoms with Crippen LogP contribution in [0.3, 0.4) is 0 Å². The van der Waals surface area contributed by atoms with Gasteiger partial charge < -0.3 is 5.32 Å². The van der Waals surface area contributed by atoms with E-state index >= 15 is 0 Å². The van der Waals surface area contributed by atoms with Crippen LogP contribution in [0.5, 0.6) is 0 Å². The summed E-state index contributed by atoms with van der Waals surface area (Å²) >= 11 is 12.0. The lowest BCUT2D eigenvalue weighted by molar-refractivity contribution is -0.387. The highest BCUT2D eigenvalue weighted by Crippen LogP contribution is 2.59. The van der Waals surface area contributed by atoms with Crippen LogP contribution in [0.25, 0.3) is 0 Å². The summed E-state index contributed by atoms with van der Waals surface area (Å²) in [5.74, 6) is -0.0915. The largest absolute Gasteiger partial charge is 0.377 e. The molecule has 0 aromatic heterocycles. The van der Waals surface area contributed by atoms with E-state index in [1.807, 2.05) is 18.2 Å². The van der Waals surface area contributed by atoms with Gasteiger partial charge in [-0.05, 0) is 45.5 Å². The number of para-hydroxylation sites is 1. The van der Waals surface area contributed by atoms with E-state index in [0.29, 0.717) is 15.8 Å². The van der Waals surface area contributed by atoms with Crippen molar-refractivity contribution in [3.8, 4) is 0 Å². The van der Waals surface area contributed by atoms with E-state index in [9.17, 15) is 20.2 Å². The van der Waals surface area contributed by atoms with Gasteiger partial charge in [0.1, 0.15) is 0 Å². The predicted octanol–water partition coefficient (Wildman–Crippen LogP) is 7.30. The van der Waals surface area contributed by atoms with Crippen LogP contribution in [-0.2, 0) is 0 Å². The SMILES string of the molecule is O=[N+]([O-])c1cc(Br)c2c(c1)[C@H]1[C@@H](Cl)[C@@H](Sc3ccccc3[N+](=O)[O-])C[C@H]1[C@H](c1ccccc1)N2. The van der Waals surface area contributed by atoms with E-state index < -0.39 is 4.92 Å². The highest BCUT2D eigenvalue weighted by atomic mass is 79.9. The van der Waals surface area contributed by atoms with Gasteiger partial charge in [0.25, 0.3) is 11.4 Å². The number of benzene rings is 3. The Morgan fingerprint density at radius 3 is 2.41 bits per heavy atom. The van der Waals surface area contributed by atoms with Crippen LogP contribution in [0, 0.1) is 26.1 Å². The van der Waals surface area contributed by atoms with Gasteiger partial charge in [0.15, 0.2) is 0 Å². The Bertz CT molecular complexity index is 1280. The molecule has 7 nitrogen and oxygen atoms in total. The smallest absolute Gasteiger partial charge is 0.282 e. The average Bonchev–Trinajstić information content (AvgIpc) is 3.15. The molecule has 34 heavy (non-hydrogen) atoms. The maximum Gasteiger partial charge on any atom is 0.282 e. The first kappa shape index (κ1) is 23.1. The van der Waals surface area contributed by atoms with Crippen LogP contribution in [-0.4, -0.2) is 20.5 Å². The number of hydrogen-bond donors (Lipinski definition) is 1. The summed E-state index contributed by atoms with van der Waals surface area (Å²) in [6.45, 7) is 0. The Morgan fingerprint density at radius 1 is 1.00 bits per heavy atom. The minimum absolute atomic E-state index is 0.00278. The van der Waals surface area contributed by atoms with E-state index in [1.165, 1.54) is 23.9 Å². The summed E-state index contributed by atoms with van der Waals surface area (Å²) in [6.07, 6.45) is 0.710. The fourth-order valence-electron chi connectivity index (χ4n) is 5.13. The molecule has 0 saturated heterocycles. The van der Waals surface area contributed by atoms with Gasteiger partial charge in [-0.25, -0.2) is 0 Å². The fourth-order valence-corrected chi connectivity index (χ4v) is 7.65. The number of rotatable bonds is 5. The quantitative estimate of drug-likeness (QED) is 0.200. The standard InChI is InChI=1S/C24H19BrClN3O4S/c25-17-11-14(28(30)31)10-15-21-16(23(27-24(15)17)13-6-2-1-3-7-13)12-20(22(21)26)34-19-9-5-4-8-18(19)29(32)33/h1-11,16,20-23,27H,12H2/t16-,20+,21-,22+,23+/m1/s1. The van der Waals surface area contributed by atoms with Gasteiger partial charge in [0.2, 0.25) is 0 Å². The summed E-state index contributed by atoms with van der Waals surface area (Å²) in [5, 5.41) is 26.3. The molecule has 10 heteroatoms. The van der Waals surface area contributed by atoms with Crippen molar-refractivity contribution in [1.29, 1.82) is 0 Å². The molecule has 5 atom stereocenters. The summed E-state index contributed by atoms with van der Waals surface area (Å²) in [7, 11) is 0. The Kier molecular flexibility index (Phi) is 6.26. The van der Waals surface area contributed by atoms with Gasteiger partial charge in [-0.15, -0.1) is 23.4 Å². The zero-order valence-electron chi connectivity index (χ0n) is 17.6. The molecule has 1 aliphatic heterocycles. The second-order valence-corrected chi connectivity index (χ2v) is 11.1. The summed E-state index contributed by atoms with van der Waals surface area (Å²) in [4.78, 5) is 22.9. The normalized spacial score (nSPS) is 25.2. The maximum absolute atomic E-state index is 11.6. The highest BCUT2D eigenvalue weighted by molar-refractivity contribution is 9.10. The van der Waals surface area contributed by atoms with E-state index in [4.69, 9.17) is 11.6 Å². The topological polar surface area (TPSA) is 98.3 Å². The van der Waals surface area contributed by atoms with Gasteiger partial charge in [-0.2, -0.15) is 0 Å². The number of alkyl halides is 1. The summed E-state index contributed by atoms with van der Waals surface area (Å²) in [5.41, 5.74) is 2.78. The monoisotopic (exact) mass is 559 g/mol. The predicted molar refractivity (Wildman–Crippen MR) is 137 cm³/mol. The lowest BCUT2D eigenvalue weighted by Crippen LogP contribution is -2.31. The van der Waals surface area contributed by atoms with Crippen molar-refractivity contribution >= 4 is 56.4 Å². The molecule has 1 heterocycles. The van der Waals surface area contributed by atoms with Gasteiger partial charge in [0, 0.05) is 33.8 Å². The van der Waals surface area contributed by atoms with Crippen molar-refractivity contribution in [1.82, 2.24) is 0 Å². The molecule has 0 spiro atoms. The number of thioether (sulfide) groups is 1. The third kappa shape index (κ3) is 4.06. The van der Waals surface area contributed by atoms with Crippen LogP contribution < -0.4 is 5.32 Å². The number of hydrogen-bond acceptors (Lipinski definition) is 6. The molecule has 1 saturated carbocycles. The number of nitro groups is 2. The second-order valence-electron chi connectivity index (χ2n) is 8.43. The first-order valence-corrected chi connectivity index (χ1v) is 12.8. The van der Waals surface area contributed by atoms with Gasteiger partial charge >= 0.3 is 0 Å². The molecule has 3 aromatic carbocycles. The van der Waals surface area contributed by atoms with Crippen molar-refractivity contribution in [3.63, 3.8) is 0 Å². The van der Waals surface area contributed by atoms with Crippen molar-refractivity contribution in [3.05, 3.63) is 103 Å². The Balaban J connectivity index is 1.58. The second kappa shape index (κ2) is 9.20. The maximum atomic E-state index is 11.6. The fraction of sp³-hybridized carbons (Fsp3) is 0.250. The molecule has 1 N–H and O–H groups in total. The first-order chi connectivity index (χ1) is 16.3. The molecule has 0 bridgehead atoms. The van der Waals surface area contributed by atoms with Gasteiger partial charge in [-0.3, -0.25) is 20.2 Å². The number of non-ortho nitro benzene ring substituents is 1. The van der Waals surface area contributed by atoms with Crippen LogP contribution in [0.2, 0.25) is 0 Å². The molecule has 0 amide bonds. The number of anilines is 1. The zero-order valence-corrected chi connectivity index (χ0v) is 20.8. The molecule has 2 aliphatic rings. The minimum Gasteiger partial charge on any atom is -0.377 e. The van der Waals surface area contributed by atoms with Gasteiger partial charge in [0.05, 0.1) is 31.8 Å². The number of nitrogens with one attached hydrogen (secondary N) is 1. The third-order valence-electron chi connectivity index (χ3n) is 6.57. The molecule has 5 rings (SSSR count). The Morgan fingerprint density at radius 2 is 1.71 bits per heavy atom. The van der Waals surface area contributed by atoms with E-state index in [0.717, 1.165) is 16.8 Å². The van der Waals surface area contributed by atoms with Crippen molar-refractivity contribution < 1.29 is 9.85 Å². The molecule has 3 aromatic rings. The lowest BCUT2D eigenvalue weighted by Gasteiger charge is -2.38. The van der Waals surface area contributed by atoms with Crippen LogP contribution in [0.1, 0.15) is 29.5 Å². The van der Waals surface area contributed by atoms with Crippen molar-refractivity contribution in [2.45, 2.75) is 33.9 Å². The van der Waals surface area contributed by atoms with Crippen molar-refractivity contribution in [2.24, 2.45) is 5.92 Å². The molecule has 1 aliphatic carbocycles. The molecular formula is C24H19BrClN3O4S. The Labute approximate surface area is 213 Å². The number of halogens is 2.